The van der Waals surface area contributed by atoms with Crippen LogP contribution in [0.2, 0.25) is 0 Å². The molecule has 0 bridgehead atoms. The molecule has 0 amide bonds. The fraction of sp³-hybridized carbons (Fsp3) is 0.583. The lowest BCUT2D eigenvalue weighted by molar-refractivity contribution is 0.111. The summed E-state index contributed by atoms with van der Waals surface area (Å²) in [4.78, 5) is 4.13. The molecule has 1 saturated heterocycles. The highest BCUT2D eigenvalue weighted by Crippen LogP contribution is 2.18. The number of aromatic nitrogens is 1. The first-order valence-corrected chi connectivity index (χ1v) is 5.55. The summed E-state index contributed by atoms with van der Waals surface area (Å²) in [6, 6.07) is 4.89. The van der Waals surface area contributed by atoms with Crippen molar-refractivity contribution in [3.63, 3.8) is 0 Å². The molecule has 82 valence electrons. The molecule has 15 heavy (non-hydrogen) atoms. The van der Waals surface area contributed by atoms with Gasteiger partial charge in [0, 0.05) is 31.1 Å². The Morgan fingerprint density at radius 1 is 1.60 bits per heavy atom. The van der Waals surface area contributed by atoms with E-state index in [1.807, 2.05) is 12.3 Å². The molecule has 3 nitrogen and oxygen atoms in total. The normalized spacial score (nSPS) is 27.9. The molecule has 1 N–H and O–H groups in total. The molecule has 0 aromatic carbocycles. The lowest BCUT2D eigenvalue weighted by atomic mass is 10.1. The molecule has 1 aromatic rings. The minimum Gasteiger partial charge on any atom is -0.377 e. The maximum Gasteiger partial charge on any atom is 0.0700 e. The zero-order valence-electron chi connectivity index (χ0n) is 9.31. The molecule has 0 spiro atoms. The van der Waals surface area contributed by atoms with Gasteiger partial charge in [0.15, 0.2) is 0 Å². The second kappa shape index (κ2) is 4.73. The van der Waals surface area contributed by atoms with Crippen molar-refractivity contribution in [1.82, 2.24) is 10.3 Å². The summed E-state index contributed by atoms with van der Waals surface area (Å²) < 4.78 is 5.52. The monoisotopic (exact) mass is 206 g/mol. The predicted octanol–water partition coefficient (Wildman–Crippen LogP) is 1.91. The van der Waals surface area contributed by atoms with Crippen molar-refractivity contribution in [3.8, 4) is 0 Å². The van der Waals surface area contributed by atoms with Gasteiger partial charge in [-0.2, -0.15) is 0 Å². The van der Waals surface area contributed by atoms with E-state index in [1.54, 1.807) is 6.20 Å². The van der Waals surface area contributed by atoms with Crippen molar-refractivity contribution >= 4 is 0 Å². The Bertz CT molecular complexity index is 302. The van der Waals surface area contributed by atoms with Gasteiger partial charge in [0.2, 0.25) is 0 Å². The van der Waals surface area contributed by atoms with Gasteiger partial charge in [-0.3, -0.25) is 4.98 Å². The van der Waals surface area contributed by atoms with E-state index in [4.69, 9.17) is 4.74 Å². The van der Waals surface area contributed by atoms with Crippen LogP contribution in [0.1, 0.15) is 31.9 Å². The fourth-order valence-corrected chi connectivity index (χ4v) is 2.00. The van der Waals surface area contributed by atoms with Crippen LogP contribution < -0.4 is 5.32 Å². The van der Waals surface area contributed by atoms with Gasteiger partial charge in [-0.15, -0.1) is 0 Å². The van der Waals surface area contributed by atoms with Crippen molar-refractivity contribution in [2.45, 2.75) is 38.5 Å². The maximum absolute atomic E-state index is 5.52. The van der Waals surface area contributed by atoms with Crippen LogP contribution >= 0.6 is 0 Å². The Labute approximate surface area is 90.9 Å². The molecular formula is C12H18N2O. The fourth-order valence-electron chi connectivity index (χ4n) is 2.00. The average Bonchev–Trinajstić information content (AvgIpc) is 2.66. The molecule has 1 aliphatic rings. The summed E-state index contributed by atoms with van der Waals surface area (Å²) in [5.74, 6) is 0. The second-order valence-corrected chi connectivity index (χ2v) is 4.15. The summed E-state index contributed by atoms with van der Waals surface area (Å²) in [7, 11) is 0. The number of hydrogen-bond donors (Lipinski definition) is 1. The number of nitrogens with one attached hydrogen (secondary N) is 1. The van der Waals surface area contributed by atoms with Gasteiger partial charge in [0.25, 0.3) is 0 Å². The van der Waals surface area contributed by atoms with Gasteiger partial charge < -0.3 is 10.1 Å². The minimum absolute atomic E-state index is 0.323. The van der Waals surface area contributed by atoms with Crippen molar-refractivity contribution in [1.29, 1.82) is 0 Å². The molecule has 0 unspecified atom stereocenters. The molecule has 3 atom stereocenters. The number of pyridine rings is 1. The first-order valence-electron chi connectivity index (χ1n) is 5.55. The largest absolute Gasteiger partial charge is 0.377 e. The van der Waals surface area contributed by atoms with E-state index < -0.39 is 0 Å². The van der Waals surface area contributed by atoms with Gasteiger partial charge in [0.05, 0.1) is 6.10 Å². The van der Waals surface area contributed by atoms with Gasteiger partial charge in [-0.25, -0.2) is 0 Å². The molecule has 0 aliphatic carbocycles. The number of nitrogens with zero attached hydrogens (tertiary/aromatic N) is 1. The molecule has 1 aliphatic heterocycles. The van der Waals surface area contributed by atoms with Crippen LogP contribution in [0.25, 0.3) is 0 Å². The quantitative estimate of drug-likeness (QED) is 0.820. The number of rotatable bonds is 3. The third-order valence-electron chi connectivity index (χ3n) is 3.02. The summed E-state index contributed by atoms with van der Waals surface area (Å²) in [5, 5.41) is 3.58. The van der Waals surface area contributed by atoms with Crippen LogP contribution in [0.3, 0.4) is 0 Å². The lowest BCUT2D eigenvalue weighted by Crippen LogP contribution is -2.36. The summed E-state index contributed by atoms with van der Waals surface area (Å²) in [5.41, 5.74) is 1.23. The SMILES string of the molecule is C[C@H](N[C@H]1CCO[C@@H]1C)c1cccnc1. The van der Waals surface area contributed by atoms with Gasteiger partial charge in [0.1, 0.15) is 0 Å². The molecule has 2 rings (SSSR count). The molecule has 1 fully saturated rings. The van der Waals surface area contributed by atoms with E-state index in [-0.39, 0.29) is 0 Å². The first kappa shape index (κ1) is 10.6. The third-order valence-corrected chi connectivity index (χ3v) is 3.02. The second-order valence-electron chi connectivity index (χ2n) is 4.15. The third kappa shape index (κ3) is 2.55. The average molecular weight is 206 g/mol. The van der Waals surface area contributed by atoms with Crippen LogP contribution in [0.15, 0.2) is 24.5 Å². The van der Waals surface area contributed by atoms with E-state index in [2.05, 4.69) is 30.2 Å². The van der Waals surface area contributed by atoms with Crippen LogP contribution in [-0.4, -0.2) is 23.7 Å². The van der Waals surface area contributed by atoms with E-state index in [0.717, 1.165) is 13.0 Å². The number of ether oxygens (including phenoxy) is 1. The van der Waals surface area contributed by atoms with E-state index in [1.165, 1.54) is 5.56 Å². The Morgan fingerprint density at radius 3 is 3.07 bits per heavy atom. The minimum atomic E-state index is 0.323. The van der Waals surface area contributed by atoms with Crippen molar-refractivity contribution in [2.24, 2.45) is 0 Å². The topological polar surface area (TPSA) is 34.1 Å². The zero-order valence-corrected chi connectivity index (χ0v) is 9.31. The van der Waals surface area contributed by atoms with Crippen LogP contribution in [-0.2, 0) is 4.74 Å². The molecule has 2 heterocycles. The maximum atomic E-state index is 5.52. The summed E-state index contributed by atoms with van der Waals surface area (Å²) >= 11 is 0. The van der Waals surface area contributed by atoms with E-state index in [9.17, 15) is 0 Å². The van der Waals surface area contributed by atoms with Gasteiger partial charge in [-0.1, -0.05) is 6.07 Å². The highest BCUT2D eigenvalue weighted by molar-refractivity contribution is 5.13. The van der Waals surface area contributed by atoms with E-state index >= 15 is 0 Å². The highest BCUT2D eigenvalue weighted by Gasteiger charge is 2.25. The Hall–Kier alpha value is -0.930. The molecular weight excluding hydrogens is 188 g/mol. The standard InChI is InChI=1S/C12H18N2O/c1-9(11-4-3-6-13-8-11)14-12-5-7-15-10(12)2/h3-4,6,8-10,12,14H,5,7H2,1-2H3/t9-,10+,12-/m0/s1. The lowest BCUT2D eigenvalue weighted by Gasteiger charge is -2.21. The van der Waals surface area contributed by atoms with Crippen LogP contribution in [0, 0.1) is 0 Å². The van der Waals surface area contributed by atoms with Crippen molar-refractivity contribution in [3.05, 3.63) is 30.1 Å². The predicted molar refractivity (Wildman–Crippen MR) is 59.6 cm³/mol. The first-order chi connectivity index (χ1) is 7.27. The Balaban J connectivity index is 1.95. The Morgan fingerprint density at radius 2 is 2.47 bits per heavy atom. The van der Waals surface area contributed by atoms with E-state index in [0.29, 0.717) is 18.2 Å². The Kier molecular flexibility index (Phi) is 3.34. The molecule has 0 radical (unpaired) electrons. The zero-order chi connectivity index (χ0) is 10.7. The van der Waals surface area contributed by atoms with Crippen LogP contribution in [0.4, 0.5) is 0 Å². The number of hydrogen-bond acceptors (Lipinski definition) is 3. The van der Waals surface area contributed by atoms with Crippen molar-refractivity contribution in [2.75, 3.05) is 6.61 Å². The molecule has 3 heteroatoms. The molecule has 1 aromatic heterocycles. The van der Waals surface area contributed by atoms with Gasteiger partial charge in [-0.05, 0) is 31.9 Å². The van der Waals surface area contributed by atoms with Crippen molar-refractivity contribution < 1.29 is 4.74 Å². The molecule has 0 saturated carbocycles. The summed E-state index contributed by atoms with van der Waals surface area (Å²) in [6.07, 6.45) is 5.14. The van der Waals surface area contributed by atoms with Crippen LogP contribution in [0.5, 0.6) is 0 Å². The highest BCUT2D eigenvalue weighted by atomic mass is 16.5. The smallest absolute Gasteiger partial charge is 0.0700 e. The van der Waals surface area contributed by atoms with Gasteiger partial charge >= 0.3 is 0 Å². The summed E-state index contributed by atoms with van der Waals surface area (Å²) in [6.45, 7) is 5.17.